The van der Waals surface area contributed by atoms with E-state index in [9.17, 15) is 4.79 Å². The van der Waals surface area contributed by atoms with Gasteiger partial charge in [-0.25, -0.2) is 0 Å². The molecule has 80 valence electrons. The van der Waals surface area contributed by atoms with Crippen molar-refractivity contribution >= 4 is 11.6 Å². The van der Waals surface area contributed by atoms with Gasteiger partial charge < -0.3 is 10.2 Å². The Kier molecular flexibility index (Phi) is 2.73. The Morgan fingerprint density at radius 3 is 2.73 bits per heavy atom. The summed E-state index contributed by atoms with van der Waals surface area (Å²) in [6.45, 7) is 5.28. The molecule has 0 aromatic heterocycles. The smallest absolute Gasteiger partial charge is 0.241 e. The maximum absolute atomic E-state index is 11.9. The molecule has 2 rings (SSSR count). The topological polar surface area (TPSA) is 32.3 Å². The van der Waals surface area contributed by atoms with E-state index in [-0.39, 0.29) is 11.9 Å². The lowest BCUT2D eigenvalue weighted by Gasteiger charge is -2.26. The second kappa shape index (κ2) is 4.03. The van der Waals surface area contributed by atoms with Gasteiger partial charge in [-0.2, -0.15) is 0 Å². The van der Waals surface area contributed by atoms with Gasteiger partial charge >= 0.3 is 0 Å². The van der Waals surface area contributed by atoms with Crippen LogP contribution in [-0.4, -0.2) is 18.5 Å². The third-order valence-electron chi connectivity index (χ3n) is 2.63. The van der Waals surface area contributed by atoms with Crippen LogP contribution in [0.4, 0.5) is 5.69 Å². The SMILES string of the molecule is CC(C)N1C(=O)CNCc2ccccc21. The van der Waals surface area contributed by atoms with Gasteiger partial charge in [-0.05, 0) is 25.5 Å². The van der Waals surface area contributed by atoms with Crippen molar-refractivity contribution in [1.82, 2.24) is 5.32 Å². The number of nitrogens with one attached hydrogen (secondary N) is 1. The van der Waals surface area contributed by atoms with E-state index in [0.717, 1.165) is 12.2 Å². The van der Waals surface area contributed by atoms with E-state index < -0.39 is 0 Å². The Hall–Kier alpha value is -1.35. The number of rotatable bonds is 1. The summed E-state index contributed by atoms with van der Waals surface area (Å²) in [5, 5.41) is 3.15. The first-order chi connectivity index (χ1) is 7.20. The lowest BCUT2D eigenvalue weighted by Crippen LogP contribution is -2.40. The third-order valence-corrected chi connectivity index (χ3v) is 2.63. The molecule has 1 heterocycles. The molecule has 0 saturated carbocycles. The molecule has 1 N–H and O–H groups in total. The summed E-state index contributed by atoms with van der Waals surface area (Å²) in [4.78, 5) is 13.8. The quantitative estimate of drug-likeness (QED) is 0.752. The maximum atomic E-state index is 11.9. The molecule has 0 aliphatic carbocycles. The lowest BCUT2D eigenvalue weighted by molar-refractivity contribution is -0.118. The number of carbonyl (C=O) groups excluding carboxylic acids is 1. The molecule has 3 heteroatoms. The summed E-state index contributed by atoms with van der Waals surface area (Å²) in [7, 11) is 0. The molecule has 0 saturated heterocycles. The minimum absolute atomic E-state index is 0.148. The highest BCUT2D eigenvalue weighted by Crippen LogP contribution is 2.24. The van der Waals surface area contributed by atoms with Crippen molar-refractivity contribution in [3.05, 3.63) is 29.8 Å². The molecule has 0 spiro atoms. The van der Waals surface area contributed by atoms with Gasteiger partial charge in [0.1, 0.15) is 0 Å². The van der Waals surface area contributed by atoms with Crippen LogP contribution in [-0.2, 0) is 11.3 Å². The summed E-state index contributed by atoms with van der Waals surface area (Å²) in [5.74, 6) is 0.148. The van der Waals surface area contributed by atoms with Gasteiger partial charge in [-0.15, -0.1) is 0 Å². The Labute approximate surface area is 90.1 Å². The number of benzene rings is 1. The average molecular weight is 204 g/mol. The molecule has 3 nitrogen and oxygen atoms in total. The number of nitrogens with zero attached hydrogens (tertiary/aromatic N) is 1. The fourth-order valence-corrected chi connectivity index (χ4v) is 1.99. The van der Waals surface area contributed by atoms with Crippen molar-refractivity contribution in [2.75, 3.05) is 11.4 Å². The first-order valence-corrected chi connectivity index (χ1v) is 5.31. The monoisotopic (exact) mass is 204 g/mol. The van der Waals surface area contributed by atoms with Crippen LogP contribution in [0.3, 0.4) is 0 Å². The normalized spacial score (nSPS) is 16.5. The van der Waals surface area contributed by atoms with E-state index in [1.807, 2.05) is 36.9 Å². The fraction of sp³-hybridized carbons (Fsp3) is 0.417. The second-order valence-electron chi connectivity index (χ2n) is 4.09. The number of hydrogen-bond donors (Lipinski definition) is 1. The van der Waals surface area contributed by atoms with Crippen molar-refractivity contribution in [1.29, 1.82) is 0 Å². The van der Waals surface area contributed by atoms with Crippen molar-refractivity contribution < 1.29 is 4.79 Å². The highest BCUT2D eigenvalue weighted by atomic mass is 16.2. The van der Waals surface area contributed by atoms with Crippen LogP contribution < -0.4 is 10.2 Å². The molecule has 1 amide bonds. The molecule has 1 aliphatic rings. The molecule has 0 atom stereocenters. The van der Waals surface area contributed by atoms with Gasteiger partial charge in [0.05, 0.1) is 6.54 Å². The molecule has 0 unspecified atom stereocenters. The molecule has 1 aromatic carbocycles. The maximum Gasteiger partial charge on any atom is 0.241 e. The highest BCUT2D eigenvalue weighted by Gasteiger charge is 2.23. The van der Waals surface area contributed by atoms with Crippen LogP contribution in [0.25, 0.3) is 0 Å². The van der Waals surface area contributed by atoms with Crippen LogP contribution in [0.5, 0.6) is 0 Å². The van der Waals surface area contributed by atoms with Crippen LogP contribution in [0, 0.1) is 0 Å². The van der Waals surface area contributed by atoms with Crippen LogP contribution in [0.1, 0.15) is 19.4 Å². The zero-order chi connectivity index (χ0) is 10.8. The number of anilines is 1. The molecule has 0 radical (unpaired) electrons. The van der Waals surface area contributed by atoms with Gasteiger partial charge in [0.15, 0.2) is 0 Å². The molecule has 0 fully saturated rings. The molecule has 1 aliphatic heterocycles. The van der Waals surface area contributed by atoms with Gasteiger partial charge in [-0.1, -0.05) is 18.2 Å². The van der Waals surface area contributed by atoms with Crippen molar-refractivity contribution in [3.8, 4) is 0 Å². The van der Waals surface area contributed by atoms with Gasteiger partial charge in [0.25, 0.3) is 0 Å². The first kappa shape index (κ1) is 10.2. The van der Waals surface area contributed by atoms with Crippen LogP contribution >= 0.6 is 0 Å². The zero-order valence-corrected chi connectivity index (χ0v) is 9.16. The first-order valence-electron chi connectivity index (χ1n) is 5.31. The minimum Gasteiger partial charge on any atom is -0.308 e. The molecular weight excluding hydrogens is 188 g/mol. The van der Waals surface area contributed by atoms with E-state index >= 15 is 0 Å². The highest BCUT2D eigenvalue weighted by molar-refractivity contribution is 5.96. The predicted octanol–water partition coefficient (Wildman–Crippen LogP) is 1.53. The van der Waals surface area contributed by atoms with Crippen LogP contribution in [0.2, 0.25) is 0 Å². The Morgan fingerprint density at radius 2 is 2.00 bits per heavy atom. The number of fused-ring (bicyclic) bond motifs is 1. The largest absolute Gasteiger partial charge is 0.308 e. The van der Waals surface area contributed by atoms with E-state index in [1.165, 1.54) is 5.56 Å². The number of amides is 1. The summed E-state index contributed by atoms with van der Waals surface area (Å²) in [6.07, 6.45) is 0. The van der Waals surface area contributed by atoms with E-state index in [0.29, 0.717) is 6.54 Å². The number of para-hydroxylation sites is 1. The van der Waals surface area contributed by atoms with Crippen molar-refractivity contribution in [2.45, 2.75) is 26.4 Å². The van der Waals surface area contributed by atoms with Gasteiger partial charge in [-0.3, -0.25) is 4.79 Å². The average Bonchev–Trinajstić information content (AvgIpc) is 2.35. The minimum atomic E-state index is 0.148. The Bertz CT molecular complexity index is 374. The third kappa shape index (κ3) is 1.88. The Morgan fingerprint density at radius 1 is 1.27 bits per heavy atom. The van der Waals surface area contributed by atoms with Gasteiger partial charge in [0.2, 0.25) is 5.91 Å². The predicted molar refractivity (Wildman–Crippen MR) is 60.8 cm³/mol. The Balaban J connectivity index is 2.47. The van der Waals surface area contributed by atoms with Crippen molar-refractivity contribution in [3.63, 3.8) is 0 Å². The summed E-state index contributed by atoms with van der Waals surface area (Å²) in [6, 6.07) is 8.27. The molecule has 15 heavy (non-hydrogen) atoms. The van der Waals surface area contributed by atoms with Gasteiger partial charge in [0, 0.05) is 18.3 Å². The van der Waals surface area contributed by atoms with Crippen LogP contribution in [0.15, 0.2) is 24.3 Å². The second-order valence-corrected chi connectivity index (χ2v) is 4.09. The summed E-state index contributed by atoms with van der Waals surface area (Å²) in [5.41, 5.74) is 2.24. The molecular formula is C12H16N2O. The summed E-state index contributed by atoms with van der Waals surface area (Å²) >= 11 is 0. The lowest BCUT2D eigenvalue weighted by atomic mass is 10.1. The van der Waals surface area contributed by atoms with E-state index in [2.05, 4.69) is 11.4 Å². The molecule has 0 bridgehead atoms. The molecule has 1 aromatic rings. The van der Waals surface area contributed by atoms with Crippen molar-refractivity contribution in [2.24, 2.45) is 0 Å². The summed E-state index contributed by atoms with van der Waals surface area (Å²) < 4.78 is 0. The van der Waals surface area contributed by atoms with E-state index in [1.54, 1.807) is 0 Å². The fourth-order valence-electron chi connectivity index (χ4n) is 1.99. The zero-order valence-electron chi connectivity index (χ0n) is 9.16. The number of hydrogen-bond acceptors (Lipinski definition) is 2. The number of carbonyl (C=O) groups is 1. The van der Waals surface area contributed by atoms with E-state index in [4.69, 9.17) is 0 Å². The standard InChI is InChI=1S/C12H16N2O/c1-9(2)14-11-6-4-3-5-10(11)7-13-8-12(14)15/h3-6,9,13H,7-8H2,1-2H3.